The summed E-state index contributed by atoms with van der Waals surface area (Å²) in [6.07, 6.45) is 1.74. The predicted molar refractivity (Wildman–Crippen MR) is 62.3 cm³/mol. The lowest BCUT2D eigenvalue weighted by molar-refractivity contribution is -0.0505. The van der Waals surface area contributed by atoms with Crippen LogP contribution in [0.5, 0.6) is 5.75 Å². The number of alkyl halides is 2. The van der Waals surface area contributed by atoms with Crippen LogP contribution in [-0.4, -0.2) is 16.4 Å². The van der Waals surface area contributed by atoms with Gasteiger partial charge in [0.15, 0.2) is 0 Å². The van der Waals surface area contributed by atoms with Crippen LogP contribution in [-0.2, 0) is 7.05 Å². The molecule has 0 fully saturated rings. The van der Waals surface area contributed by atoms with Gasteiger partial charge in [-0.25, -0.2) is 0 Å². The third kappa shape index (κ3) is 2.65. The number of rotatable bonds is 4. The Kier molecular flexibility index (Phi) is 3.57. The summed E-state index contributed by atoms with van der Waals surface area (Å²) in [5, 5.41) is 4.16. The number of halogens is 2. The van der Waals surface area contributed by atoms with Gasteiger partial charge >= 0.3 is 6.61 Å². The highest BCUT2D eigenvalue weighted by molar-refractivity contribution is 5.39. The summed E-state index contributed by atoms with van der Waals surface area (Å²) in [5.41, 5.74) is 7.09. The third-order valence-electron chi connectivity index (χ3n) is 2.52. The maximum atomic E-state index is 12.3. The fourth-order valence-electron chi connectivity index (χ4n) is 1.70. The first-order valence-corrected chi connectivity index (χ1v) is 5.37. The largest absolute Gasteiger partial charge is 0.434 e. The zero-order chi connectivity index (χ0) is 13.1. The van der Waals surface area contributed by atoms with Gasteiger partial charge in [-0.15, -0.1) is 0 Å². The Morgan fingerprint density at radius 2 is 2.00 bits per heavy atom. The number of nitrogens with zero attached hydrogens (tertiary/aromatic N) is 2. The van der Waals surface area contributed by atoms with Gasteiger partial charge in [0.05, 0.1) is 11.7 Å². The summed E-state index contributed by atoms with van der Waals surface area (Å²) in [7, 11) is 1.76. The van der Waals surface area contributed by atoms with Gasteiger partial charge in [-0.1, -0.05) is 18.2 Å². The van der Waals surface area contributed by atoms with Gasteiger partial charge in [0.25, 0.3) is 0 Å². The van der Waals surface area contributed by atoms with E-state index in [1.165, 1.54) is 6.07 Å². The summed E-state index contributed by atoms with van der Waals surface area (Å²) in [4.78, 5) is 0. The molecule has 2 N–H and O–H groups in total. The van der Waals surface area contributed by atoms with E-state index in [9.17, 15) is 8.78 Å². The molecule has 18 heavy (non-hydrogen) atoms. The summed E-state index contributed by atoms with van der Waals surface area (Å²) in [6, 6.07) is 7.59. The molecule has 0 bridgehead atoms. The second kappa shape index (κ2) is 5.14. The van der Waals surface area contributed by atoms with Crippen LogP contribution >= 0.6 is 0 Å². The Morgan fingerprint density at radius 3 is 2.61 bits per heavy atom. The molecule has 1 heterocycles. The van der Waals surface area contributed by atoms with Gasteiger partial charge in [-0.05, 0) is 12.1 Å². The molecule has 0 aliphatic rings. The quantitative estimate of drug-likeness (QED) is 0.907. The smallest absolute Gasteiger partial charge is 0.387 e. The van der Waals surface area contributed by atoms with E-state index in [1.54, 1.807) is 42.2 Å². The Hall–Kier alpha value is -1.95. The van der Waals surface area contributed by atoms with E-state index >= 15 is 0 Å². The molecule has 1 aromatic carbocycles. The van der Waals surface area contributed by atoms with E-state index in [-0.39, 0.29) is 5.75 Å². The molecule has 6 heteroatoms. The fraction of sp³-hybridized carbons (Fsp3) is 0.250. The van der Waals surface area contributed by atoms with E-state index in [2.05, 4.69) is 9.84 Å². The van der Waals surface area contributed by atoms with Crippen LogP contribution in [0.15, 0.2) is 36.5 Å². The fourth-order valence-corrected chi connectivity index (χ4v) is 1.70. The molecule has 0 spiro atoms. The zero-order valence-electron chi connectivity index (χ0n) is 9.75. The third-order valence-corrected chi connectivity index (χ3v) is 2.52. The molecule has 1 unspecified atom stereocenters. The number of aryl methyl sites for hydroxylation is 1. The first kappa shape index (κ1) is 12.5. The van der Waals surface area contributed by atoms with E-state index < -0.39 is 12.7 Å². The van der Waals surface area contributed by atoms with Crippen molar-refractivity contribution in [3.8, 4) is 5.75 Å². The number of nitrogens with two attached hydrogens (primary N) is 1. The van der Waals surface area contributed by atoms with Crippen molar-refractivity contribution in [3.05, 3.63) is 47.8 Å². The topological polar surface area (TPSA) is 53.1 Å². The lowest BCUT2D eigenvalue weighted by atomic mass is 10.0. The van der Waals surface area contributed by atoms with Crippen molar-refractivity contribution in [2.75, 3.05) is 0 Å². The van der Waals surface area contributed by atoms with Crippen LogP contribution in [0.1, 0.15) is 17.3 Å². The number of ether oxygens (including phenoxy) is 1. The first-order valence-electron chi connectivity index (χ1n) is 5.37. The molecular formula is C12H13F2N3O. The lowest BCUT2D eigenvalue weighted by Crippen LogP contribution is -2.15. The molecule has 0 saturated heterocycles. The molecule has 0 radical (unpaired) electrons. The normalized spacial score (nSPS) is 12.7. The molecule has 0 aliphatic carbocycles. The average molecular weight is 253 g/mol. The maximum Gasteiger partial charge on any atom is 0.387 e. The Bertz CT molecular complexity index is 528. The molecule has 0 saturated carbocycles. The second-order valence-electron chi connectivity index (χ2n) is 3.81. The molecule has 1 aromatic heterocycles. The van der Waals surface area contributed by atoms with Crippen molar-refractivity contribution < 1.29 is 13.5 Å². The number of hydrogen-bond acceptors (Lipinski definition) is 3. The molecule has 2 aromatic rings. The van der Waals surface area contributed by atoms with E-state index in [1.807, 2.05) is 0 Å². The van der Waals surface area contributed by atoms with Crippen LogP contribution in [0.4, 0.5) is 8.78 Å². The van der Waals surface area contributed by atoms with Crippen LogP contribution in [0.2, 0.25) is 0 Å². The lowest BCUT2D eigenvalue weighted by Gasteiger charge is -2.14. The highest BCUT2D eigenvalue weighted by Crippen LogP contribution is 2.28. The van der Waals surface area contributed by atoms with Gasteiger partial charge in [-0.2, -0.15) is 13.9 Å². The van der Waals surface area contributed by atoms with Crippen LogP contribution in [0.3, 0.4) is 0 Å². The van der Waals surface area contributed by atoms with Crippen molar-refractivity contribution in [1.29, 1.82) is 0 Å². The van der Waals surface area contributed by atoms with Gasteiger partial charge in [0, 0.05) is 18.8 Å². The molecule has 0 amide bonds. The summed E-state index contributed by atoms with van der Waals surface area (Å²) in [6.45, 7) is -2.87. The zero-order valence-corrected chi connectivity index (χ0v) is 9.75. The SMILES string of the molecule is Cn1ccc(C(N)c2ccccc2OC(F)F)n1. The minimum atomic E-state index is -2.87. The maximum absolute atomic E-state index is 12.3. The Labute approximate surface area is 103 Å². The van der Waals surface area contributed by atoms with Crippen LogP contribution in [0, 0.1) is 0 Å². The van der Waals surface area contributed by atoms with Gasteiger partial charge in [-0.3, -0.25) is 4.68 Å². The van der Waals surface area contributed by atoms with Crippen LogP contribution in [0.25, 0.3) is 0 Å². The standard InChI is InChI=1S/C12H13F2N3O/c1-17-7-6-9(16-17)11(15)8-4-2-3-5-10(8)18-12(13)14/h2-7,11-12H,15H2,1H3. The number of hydrogen-bond donors (Lipinski definition) is 1. The highest BCUT2D eigenvalue weighted by Gasteiger charge is 2.18. The van der Waals surface area contributed by atoms with Crippen LogP contribution < -0.4 is 10.5 Å². The van der Waals surface area contributed by atoms with E-state index in [0.29, 0.717) is 11.3 Å². The Balaban J connectivity index is 2.32. The van der Waals surface area contributed by atoms with Crippen molar-refractivity contribution in [2.45, 2.75) is 12.7 Å². The molecule has 1 atom stereocenters. The van der Waals surface area contributed by atoms with Crippen molar-refractivity contribution in [2.24, 2.45) is 12.8 Å². The number of aromatic nitrogens is 2. The summed E-state index contributed by atoms with van der Waals surface area (Å²) < 4.78 is 30.6. The van der Waals surface area contributed by atoms with Crippen molar-refractivity contribution in [3.63, 3.8) is 0 Å². The van der Waals surface area contributed by atoms with Crippen molar-refractivity contribution in [1.82, 2.24) is 9.78 Å². The minimum absolute atomic E-state index is 0.0747. The predicted octanol–water partition coefficient (Wildman–Crippen LogP) is 2.07. The van der Waals surface area contributed by atoms with E-state index in [4.69, 9.17) is 5.73 Å². The number of benzene rings is 1. The van der Waals surface area contributed by atoms with Gasteiger partial charge in [0.1, 0.15) is 5.75 Å². The molecular weight excluding hydrogens is 240 g/mol. The number of para-hydroxylation sites is 1. The Morgan fingerprint density at radius 1 is 1.28 bits per heavy atom. The molecule has 0 aliphatic heterocycles. The first-order chi connectivity index (χ1) is 8.58. The second-order valence-corrected chi connectivity index (χ2v) is 3.81. The summed E-state index contributed by atoms with van der Waals surface area (Å²) >= 11 is 0. The molecule has 96 valence electrons. The van der Waals surface area contributed by atoms with Gasteiger partial charge in [0.2, 0.25) is 0 Å². The summed E-state index contributed by atoms with van der Waals surface area (Å²) in [5.74, 6) is 0.0747. The monoisotopic (exact) mass is 253 g/mol. The highest BCUT2D eigenvalue weighted by atomic mass is 19.3. The average Bonchev–Trinajstić information content (AvgIpc) is 2.75. The van der Waals surface area contributed by atoms with E-state index in [0.717, 1.165) is 0 Å². The molecule has 2 rings (SSSR count). The van der Waals surface area contributed by atoms with Crippen molar-refractivity contribution >= 4 is 0 Å². The van der Waals surface area contributed by atoms with Gasteiger partial charge < -0.3 is 10.5 Å². The molecule has 4 nitrogen and oxygen atoms in total. The minimum Gasteiger partial charge on any atom is -0.434 e.